The average molecular weight is 256 g/mol. The maximum atomic E-state index is 10.2. The van der Waals surface area contributed by atoms with Crippen LogP contribution in [0.15, 0.2) is 54.9 Å². The molecule has 2 atom stereocenters. The van der Waals surface area contributed by atoms with E-state index in [0.29, 0.717) is 0 Å². The zero-order chi connectivity index (χ0) is 13.5. The van der Waals surface area contributed by atoms with Crippen molar-refractivity contribution in [2.75, 3.05) is 6.54 Å². The van der Waals surface area contributed by atoms with Gasteiger partial charge < -0.3 is 10.4 Å². The Balaban J connectivity index is 1.80. The molecule has 1 heterocycles. The number of aromatic nitrogens is 1. The Kier molecular flexibility index (Phi) is 5.07. The van der Waals surface area contributed by atoms with E-state index in [1.165, 1.54) is 5.56 Å². The molecule has 0 aliphatic heterocycles. The number of nitrogens with one attached hydrogen (secondary N) is 1. The van der Waals surface area contributed by atoms with Crippen LogP contribution in [0.1, 0.15) is 24.2 Å². The molecule has 0 aliphatic rings. The van der Waals surface area contributed by atoms with Crippen LogP contribution < -0.4 is 5.32 Å². The van der Waals surface area contributed by atoms with Crippen LogP contribution in [0.25, 0.3) is 0 Å². The molecule has 2 unspecified atom stereocenters. The minimum absolute atomic E-state index is 0.0317. The van der Waals surface area contributed by atoms with Crippen molar-refractivity contribution >= 4 is 0 Å². The molecule has 3 heteroatoms. The van der Waals surface area contributed by atoms with Gasteiger partial charge in [-0.25, -0.2) is 0 Å². The largest absolute Gasteiger partial charge is 0.387 e. The van der Waals surface area contributed by atoms with Crippen molar-refractivity contribution in [2.24, 2.45) is 0 Å². The summed E-state index contributed by atoms with van der Waals surface area (Å²) in [6, 6.07) is 13.8. The number of nitrogens with zero attached hydrogens (tertiary/aromatic N) is 1. The summed E-state index contributed by atoms with van der Waals surface area (Å²) in [5.41, 5.74) is 2.20. The predicted octanol–water partition coefficient (Wildman–Crippen LogP) is 2.34. The highest BCUT2D eigenvalue weighted by molar-refractivity contribution is 5.18. The number of rotatable bonds is 6. The molecule has 2 rings (SSSR count). The molecule has 1 aromatic carbocycles. The second-order valence-electron chi connectivity index (χ2n) is 4.70. The summed E-state index contributed by atoms with van der Waals surface area (Å²) in [6.07, 6.45) is 4.07. The summed E-state index contributed by atoms with van der Waals surface area (Å²) in [7, 11) is 0. The quantitative estimate of drug-likeness (QED) is 0.834. The zero-order valence-corrected chi connectivity index (χ0v) is 11.2. The van der Waals surface area contributed by atoms with Gasteiger partial charge in [0, 0.05) is 18.4 Å². The summed E-state index contributed by atoms with van der Waals surface area (Å²) in [5.74, 6) is 0. The third-order valence-corrected chi connectivity index (χ3v) is 3.24. The smallest absolute Gasteiger partial charge is 0.0940 e. The highest BCUT2D eigenvalue weighted by Gasteiger charge is 2.14. The van der Waals surface area contributed by atoms with Crippen LogP contribution in [0.5, 0.6) is 0 Å². The number of aliphatic hydroxyl groups excluding tert-OH is 1. The van der Waals surface area contributed by atoms with E-state index in [4.69, 9.17) is 0 Å². The van der Waals surface area contributed by atoms with Gasteiger partial charge in [0.25, 0.3) is 0 Å². The Morgan fingerprint density at radius 2 is 1.79 bits per heavy atom. The number of hydrogen-bond acceptors (Lipinski definition) is 3. The first kappa shape index (κ1) is 13.7. The summed E-state index contributed by atoms with van der Waals surface area (Å²) in [6.45, 7) is 2.85. The molecule has 0 spiro atoms. The van der Waals surface area contributed by atoms with Gasteiger partial charge in [-0.2, -0.15) is 0 Å². The van der Waals surface area contributed by atoms with E-state index in [1.54, 1.807) is 12.4 Å². The van der Waals surface area contributed by atoms with Gasteiger partial charge >= 0.3 is 0 Å². The number of benzene rings is 1. The molecule has 0 aliphatic carbocycles. The summed E-state index contributed by atoms with van der Waals surface area (Å²) in [5, 5.41) is 13.6. The standard InChI is InChI=1S/C16H20N2O/c1-13(16(19)15-5-3-2-4-6-15)18-12-9-14-7-10-17-11-8-14/h2-8,10-11,13,16,18-19H,9,12H2,1H3. The Hall–Kier alpha value is -1.71. The lowest BCUT2D eigenvalue weighted by Gasteiger charge is -2.20. The van der Waals surface area contributed by atoms with E-state index in [0.717, 1.165) is 18.5 Å². The second kappa shape index (κ2) is 7.02. The summed E-state index contributed by atoms with van der Waals surface area (Å²) in [4.78, 5) is 4.00. The molecule has 0 amide bonds. The molecule has 0 saturated carbocycles. The summed E-state index contributed by atoms with van der Waals surface area (Å²) < 4.78 is 0. The molecule has 2 N–H and O–H groups in total. The van der Waals surface area contributed by atoms with Crippen molar-refractivity contribution in [3.63, 3.8) is 0 Å². The van der Waals surface area contributed by atoms with Crippen LogP contribution in [-0.4, -0.2) is 22.7 Å². The van der Waals surface area contributed by atoms with Gasteiger partial charge in [0.1, 0.15) is 0 Å². The van der Waals surface area contributed by atoms with Gasteiger partial charge in [0.2, 0.25) is 0 Å². The van der Waals surface area contributed by atoms with Gasteiger partial charge in [-0.05, 0) is 43.1 Å². The first-order valence-corrected chi connectivity index (χ1v) is 6.62. The third-order valence-electron chi connectivity index (χ3n) is 3.24. The molecule has 0 radical (unpaired) electrons. The van der Waals surface area contributed by atoms with Crippen LogP contribution in [0, 0.1) is 0 Å². The first-order chi connectivity index (χ1) is 9.27. The topological polar surface area (TPSA) is 45.2 Å². The van der Waals surface area contributed by atoms with Crippen LogP contribution in [0.2, 0.25) is 0 Å². The highest BCUT2D eigenvalue weighted by Crippen LogP contribution is 2.15. The number of aliphatic hydroxyl groups is 1. The van der Waals surface area contributed by atoms with Crippen molar-refractivity contribution in [3.05, 3.63) is 66.0 Å². The van der Waals surface area contributed by atoms with Crippen LogP contribution in [0.3, 0.4) is 0 Å². The molecule has 0 bridgehead atoms. The molecule has 1 aromatic heterocycles. The maximum absolute atomic E-state index is 10.2. The van der Waals surface area contributed by atoms with Gasteiger partial charge in [0.05, 0.1) is 6.10 Å². The third kappa shape index (κ3) is 4.16. The predicted molar refractivity (Wildman–Crippen MR) is 76.8 cm³/mol. The van der Waals surface area contributed by atoms with Crippen LogP contribution in [0.4, 0.5) is 0 Å². The SMILES string of the molecule is CC(NCCc1ccncc1)C(O)c1ccccc1. The Bertz CT molecular complexity index is 473. The van der Waals surface area contributed by atoms with E-state index >= 15 is 0 Å². The lowest BCUT2D eigenvalue weighted by molar-refractivity contribution is 0.136. The minimum atomic E-state index is -0.473. The monoisotopic (exact) mass is 256 g/mol. The molecule has 100 valence electrons. The molecular weight excluding hydrogens is 236 g/mol. The fraction of sp³-hybridized carbons (Fsp3) is 0.312. The molecule has 19 heavy (non-hydrogen) atoms. The Morgan fingerprint density at radius 3 is 2.47 bits per heavy atom. The van der Waals surface area contributed by atoms with E-state index < -0.39 is 6.10 Å². The van der Waals surface area contributed by atoms with Gasteiger partial charge in [-0.1, -0.05) is 30.3 Å². The molecule has 0 fully saturated rings. The normalized spacial score (nSPS) is 14.0. The van der Waals surface area contributed by atoms with Crippen molar-refractivity contribution in [1.82, 2.24) is 10.3 Å². The fourth-order valence-corrected chi connectivity index (χ4v) is 2.04. The van der Waals surface area contributed by atoms with E-state index in [2.05, 4.69) is 10.3 Å². The van der Waals surface area contributed by atoms with Crippen LogP contribution >= 0.6 is 0 Å². The second-order valence-corrected chi connectivity index (χ2v) is 4.70. The maximum Gasteiger partial charge on any atom is 0.0940 e. The number of hydrogen-bond donors (Lipinski definition) is 2. The minimum Gasteiger partial charge on any atom is -0.387 e. The van der Waals surface area contributed by atoms with Gasteiger partial charge in [-0.3, -0.25) is 4.98 Å². The number of pyridine rings is 1. The molecule has 3 nitrogen and oxygen atoms in total. The summed E-state index contributed by atoms with van der Waals surface area (Å²) >= 11 is 0. The van der Waals surface area contributed by atoms with E-state index in [1.807, 2.05) is 49.4 Å². The van der Waals surface area contributed by atoms with Crippen molar-refractivity contribution in [2.45, 2.75) is 25.5 Å². The van der Waals surface area contributed by atoms with Crippen molar-refractivity contribution in [1.29, 1.82) is 0 Å². The van der Waals surface area contributed by atoms with Crippen molar-refractivity contribution < 1.29 is 5.11 Å². The fourth-order valence-electron chi connectivity index (χ4n) is 2.04. The Morgan fingerprint density at radius 1 is 1.11 bits per heavy atom. The first-order valence-electron chi connectivity index (χ1n) is 6.62. The van der Waals surface area contributed by atoms with E-state index in [9.17, 15) is 5.11 Å². The van der Waals surface area contributed by atoms with Gasteiger partial charge in [0.15, 0.2) is 0 Å². The van der Waals surface area contributed by atoms with Crippen LogP contribution in [-0.2, 0) is 6.42 Å². The van der Waals surface area contributed by atoms with Crippen molar-refractivity contribution in [3.8, 4) is 0 Å². The van der Waals surface area contributed by atoms with Gasteiger partial charge in [-0.15, -0.1) is 0 Å². The Labute approximate surface area is 114 Å². The molecule has 0 saturated heterocycles. The lowest BCUT2D eigenvalue weighted by Crippen LogP contribution is -2.33. The molecule has 2 aromatic rings. The molecular formula is C16H20N2O. The highest BCUT2D eigenvalue weighted by atomic mass is 16.3. The average Bonchev–Trinajstić information content (AvgIpc) is 2.48. The zero-order valence-electron chi connectivity index (χ0n) is 11.2. The lowest BCUT2D eigenvalue weighted by atomic mass is 10.0. The van der Waals surface area contributed by atoms with E-state index in [-0.39, 0.29) is 6.04 Å².